The van der Waals surface area contributed by atoms with Crippen molar-refractivity contribution < 1.29 is 9.47 Å². The first-order chi connectivity index (χ1) is 13.7. The number of rotatable bonds is 6. The molecule has 0 radical (unpaired) electrons. The molecule has 1 aliphatic rings. The van der Waals surface area contributed by atoms with Crippen LogP contribution in [0.4, 0.5) is 11.5 Å². The van der Waals surface area contributed by atoms with Gasteiger partial charge in [0.25, 0.3) is 0 Å². The molecule has 0 unspecified atom stereocenters. The summed E-state index contributed by atoms with van der Waals surface area (Å²) in [4.78, 5) is 8.90. The maximum Gasteiger partial charge on any atom is 0.145 e. The van der Waals surface area contributed by atoms with Crippen LogP contribution >= 0.6 is 15.9 Å². The van der Waals surface area contributed by atoms with E-state index in [2.05, 4.69) is 36.5 Å². The van der Waals surface area contributed by atoms with E-state index >= 15 is 0 Å². The normalized spacial score (nSPS) is 14.8. The standard InChI is InChI=1S/C21H23BrN4O2/c1-27-15-5-6-16(22)18(11-15)26-21-20-17(24-13-25-21)3-2-4-19(20)28-12-14-7-9-23-10-8-14/h2-6,11,13-14,23H,7-10,12H2,1H3,(H,24,25,26). The number of methoxy groups -OCH3 is 1. The highest BCUT2D eigenvalue weighted by Gasteiger charge is 2.16. The maximum atomic E-state index is 6.23. The Kier molecular flexibility index (Phi) is 5.92. The van der Waals surface area contributed by atoms with E-state index < -0.39 is 0 Å². The van der Waals surface area contributed by atoms with Crippen molar-refractivity contribution in [1.29, 1.82) is 0 Å². The third-order valence-corrected chi connectivity index (χ3v) is 5.68. The average Bonchev–Trinajstić information content (AvgIpc) is 2.74. The predicted molar refractivity (Wildman–Crippen MR) is 115 cm³/mol. The van der Waals surface area contributed by atoms with Gasteiger partial charge in [-0.25, -0.2) is 9.97 Å². The van der Waals surface area contributed by atoms with Gasteiger partial charge in [0.1, 0.15) is 23.6 Å². The lowest BCUT2D eigenvalue weighted by Gasteiger charge is -2.23. The molecule has 3 aromatic rings. The van der Waals surface area contributed by atoms with E-state index in [1.165, 1.54) is 0 Å². The van der Waals surface area contributed by atoms with Gasteiger partial charge in [0.05, 0.1) is 30.3 Å². The second-order valence-electron chi connectivity index (χ2n) is 6.85. The van der Waals surface area contributed by atoms with Crippen LogP contribution in [-0.2, 0) is 0 Å². The molecule has 146 valence electrons. The number of ether oxygens (including phenoxy) is 2. The van der Waals surface area contributed by atoms with E-state index in [-0.39, 0.29) is 0 Å². The molecule has 1 fully saturated rings. The van der Waals surface area contributed by atoms with Crippen LogP contribution in [0.25, 0.3) is 10.9 Å². The number of aromatic nitrogens is 2. The van der Waals surface area contributed by atoms with Gasteiger partial charge < -0.3 is 20.1 Å². The lowest BCUT2D eigenvalue weighted by molar-refractivity contribution is 0.217. The van der Waals surface area contributed by atoms with Crippen LogP contribution in [0.15, 0.2) is 47.2 Å². The van der Waals surface area contributed by atoms with Gasteiger partial charge in [0.2, 0.25) is 0 Å². The molecule has 0 spiro atoms. The summed E-state index contributed by atoms with van der Waals surface area (Å²) in [5, 5.41) is 7.68. The van der Waals surface area contributed by atoms with Gasteiger partial charge >= 0.3 is 0 Å². The molecule has 4 rings (SSSR count). The van der Waals surface area contributed by atoms with Crippen molar-refractivity contribution in [3.8, 4) is 11.5 Å². The van der Waals surface area contributed by atoms with Crippen molar-refractivity contribution >= 4 is 38.3 Å². The van der Waals surface area contributed by atoms with E-state index in [1.807, 2.05) is 36.4 Å². The molecule has 0 saturated carbocycles. The van der Waals surface area contributed by atoms with Crippen LogP contribution in [0.3, 0.4) is 0 Å². The zero-order valence-electron chi connectivity index (χ0n) is 15.7. The summed E-state index contributed by atoms with van der Waals surface area (Å²) in [6.07, 6.45) is 3.85. The first-order valence-corrected chi connectivity index (χ1v) is 10.2. The molecule has 2 heterocycles. The predicted octanol–water partition coefficient (Wildman–Crippen LogP) is 4.52. The van der Waals surface area contributed by atoms with E-state index in [4.69, 9.17) is 9.47 Å². The molecule has 1 aromatic heterocycles. The van der Waals surface area contributed by atoms with Crippen LogP contribution in [-0.4, -0.2) is 36.8 Å². The van der Waals surface area contributed by atoms with Crippen molar-refractivity contribution in [1.82, 2.24) is 15.3 Å². The van der Waals surface area contributed by atoms with E-state index in [1.54, 1.807) is 13.4 Å². The van der Waals surface area contributed by atoms with Crippen LogP contribution in [0.2, 0.25) is 0 Å². The minimum absolute atomic E-state index is 0.574. The minimum atomic E-state index is 0.574. The number of anilines is 2. The number of benzene rings is 2. The fraction of sp³-hybridized carbons (Fsp3) is 0.333. The summed E-state index contributed by atoms with van der Waals surface area (Å²) in [6, 6.07) is 11.7. The Bertz CT molecular complexity index is 955. The summed E-state index contributed by atoms with van der Waals surface area (Å²) < 4.78 is 12.5. The summed E-state index contributed by atoms with van der Waals surface area (Å²) in [6.45, 7) is 2.82. The average molecular weight is 443 g/mol. The van der Waals surface area contributed by atoms with Gasteiger partial charge in [-0.15, -0.1) is 0 Å². The minimum Gasteiger partial charge on any atom is -0.497 e. The number of halogens is 1. The van der Waals surface area contributed by atoms with E-state index in [9.17, 15) is 0 Å². The Labute approximate surface area is 172 Å². The summed E-state index contributed by atoms with van der Waals surface area (Å²) in [7, 11) is 1.65. The highest BCUT2D eigenvalue weighted by atomic mass is 79.9. The molecular formula is C21H23BrN4O2. The molecule has 2 aromatic carbocycles. The number of piperidine rings is 1. The van der Waals surface area contributed by atoms with Crippen LogP contribution in [0.1, 0.15) is 12.8 Å². The van der Waals surface area contributed by atoms with Crippen LogP contribution < -0.4 is 20.1 Å². The van der Waals surface area contributed by atoms with Crippen molar-refractivity contribution in [2.45, 2.75) is 12.8 Å². The molecule has 7 heteroatoms. The summed E-state index contributed by atoms with van der Waals surface area (Å²) in [5.41, 5.74) is 1.71. The van der Waals surface area contributed by atoms with Crippen molar-refractivity contribution in [2.24, 2.45) is 5.92 Å². The third kappa shape index (κ3) is 4.20. The zero-order valence-corrected chi connectivity index (χ0v) is 17.3. The molecular weight excluding hydrogens is 420 g/mol. The fourth-order valence-corrected chi connectivity index (χ4v) is 3.75. The molecule has 1 aliphatic heterocycles. The molecule has 0 bridgehead atoms. The van der Waals surface area contributed by atoms with Crippen molar-refractivity contribution in [3.05, 3.63) is 47.2 Å². The Morgan fingerprint density at radius 3 is 2.86 bits per heavy atom. The number of nitrogens with zero attached hydrogens (tertiary/aromatic N) is 2. The summed E-state index contributed by atoms with van der Waals surface area (Å²) >= 11 is 3.58. The lowest BCUT2D eigenvalue weighted by atomic mass is 9.99. The molecule has 0 amide bonds. The zero-order chi connectivity index (χ0) is 19.3. The number of nitrogens with one attached hydrogen (secondary N) is 2. The molecule has 2 N–H and O–H groups in total. The Hall–Kier alpha value is -2.38. The van der Waals surface area contributed by atoms with Crippen LogP contribution in [0.5, 0.6) is 11.5 Å². The maximum absolute atomic E-state index is 6.23. The van der Waals surface area contributed by atoms with Gasteiger partial charge in [-0.1, -0.05) is 6.07 Å². The molecule has 1 saturated heterocycles. The van der Waals surface area contributed by atoms with Gasteiger partial charge in [0, 0.05) is 10.5 Å². The van der Waals surface area contributed by atoms with Gasteiger partial charge in [-0.05, 0) is 72.0 Å². The molecule has 6 nitrogen and oxygen atoms in total. The molecule has 0 aliphatic carbocycles. The van der Waals surface area contributed by atoms with Crippen molar-refractivity contribution in [2.75, 3.05) is 32.1 Å². The quantitative estimate of drug-likeness (QED) is 0.584. The largest absolute Gasteiger partial charge is 0.497 e. The number of hydrogen-bond acceptors (Lipinski definition) is 6. The second kappa shape index (κ2) is 8.75. The first kappa shape index (κ1) is 19.0. The van der Waals surface area contributed by atoms with Gasteiger partial charge in [-0.2, -0.15) is 0 Å². The monoisotopic (exact) mass is 442 g/mol. The topological polar surface area (TPSA) is 68.3 Å². The van der Waals surface area contributed by atoms with Gasteiger partial charge in [-0.3, -0.25) is 0 Å². The van der Waals surface area contributed by atoms with Crippen molar-refractivity contribution in [3.63, 3.8) is 0 Å². The van der Waals surface area contributed by atoms with Gasteiger partial charge in [0.15, 0.2) is 0 Å². The summed E-state index contributed by atoms with van der Waals surface area (Å²) in [5.74, 6) is 2.86. The highest BCUT2D eigenvalue weighted by Crippen LogP contribution is 2.35. The smallest absolute Gasteiger partial charge is 0.145 e. The van der Waals surface area contributed by atoms with E-state index in [0.29, 0.717) is 18.3 Å². The third-order valence-electron chi connectivity index (χ3n) is 4.98. The Morgan fingerprint density at radius 2 is 2.04 bits per heavy atom. The SMILES string of the molecule is COc1ccc(Br)c(Nc2ncnc3cccc(OCC4CCNCC4)c23)c1. The molecule has 0 atom stereocenters. The van der Waals surface area contributed by atoms with Crippen LogP contribution in [0, 0.1) is 5.92 Å². The highest BCUT2D eigenvalue weighted by molar-refractivity contribution is 9.10. The van der Waals surface area contributed by atoms with E-state index in [0.717, 1.165) is 58.5 Å². The fourth-order valence-electron chi connectivity index (χ4n) is 3.40. The Balaban J connectivity index is 1.65. The first-order valence-electron chi connectivity index (χ1n) is 9.42. The molecule has 28 heavy (non-hydrogen) atoms. The lowest BCUT2D eigenvalue weighted by Crippen LogP contribution is -2.30. The number of fused-ring (bicyclic) bond motifs is 1. The number of hydrogen-bond donors (Lipinski definition) is 2. The Morgan fingerprint density at radius 1 is 1.18 bits per heavy atom. The second-order valence-corrected chi connectivity index (χ2v) is 7.70.